The second-order valence-electron chi connectivity index (χ2n) is 8.37. The third-order valence-electron chi connectivity index (χ3n) is 6.29. The summed E-state index contributed by atoms with van der Waals surface area (Å²) in [6.45, 7) is 9.29. The van der Waals surface area contributed by atoms with E-state index < -0.39 is 0 Å². The quantitative estimate of drug-likeness (QED) is 0.413. The van der Waals surface area contributed by atoms with Gasteiger partial charge in [-0.15, -0.1) is 0 Å². The van der Waals surface area contributed by atoms with E-state index in [1.807, 2.05) is 0 Å². The highest BCUT2D eigenvalue weighted by molar-refractivity contribution is 6.33. The molecule has 2 aliphatic carbocycles. The van der Waals surface area contributed by atoms with Crippen LogP contribution in [0.4, 0.5) is 0 Å². The highest BCUT2D eigenvalue weighted by Crippen LogP contribution is 2.60. The zero-order valence-electron chi connectivity index (χ0n) is 15.1. The molecule has 0 saturated carbocycles. The highest BCUT2D eigenvalue weighted by Gasteiger charge is 2.45. The van der Waals surface area contributed by atoms with Gasteiger partial charge in [0.25, 0.3) is 0 Å². The van der Waals surface area contributed by atoms with Gasteiger partial charge in [0.1, 0.15) is 0 Å². The molecule has 0 N–H and O–H groups in total. The molecular formula is C24H21Cl. The molecule has 3 aromatic rings. The standard InChI is InChI=1S/C24H21Cl/c1-23(2)17-11-7-5-9-14(17)16-13-19(25)22-20(21(16)23)15-10-6-8-12-18(15)24(22,3)4/h5-13H,1-4H3. The van der Waals surface area contributed by atoms with E-state index in [-0.39, 0.29) is 10.8 Å². The molecule has 25 heavy (non-hydrogen) atoms. The van der Waals surface area contributed by atoms with Crippen LogP contribution in [-0.4, -0.2) is 0 Å². The summed E-state index contributed by atoms with van der Waals surface area (Å²) in [7, 11) is 0. The zero-order valence-corrected chi connectivity index (χ0v) is 15.8. The van der Waals surface area contributed by atoms with Crippen molar-refractivity contribution in [2.45, 2.75) is 38.5 Å². The molecule has 3 aromatic carbocycles. The van der Waals surface area contributed by atoms with E-state index in [2.05, 4.69) is 82.3 Å². The van der Waals surface area contributed by atoms with E-state index in [4.69, 9.17) is 11.6 Å². The molecule has 124 valence electrons. The Hall–Kier alpha value is -2.05. The fourth-order valence-corrected chi connectivity index (χ4v) is 5.61. The molecular weight excluding hydrogens is 324 g/mol. The van der Waals surface area contributed by atoms with Gasteiger partial charge in [-0.05, 0) is 50.6 Å². The monoisotopic (exact) mass is 344 g/mol. The number of fused-ring (bicyclic) bond motifs is 7. The first-order valence-corrected chi connectivity index (χ1v) is 9.30. The summed E-state index contributed by atoms with van der Waals surface area (Å²) in [6.07, 6.45) is 0. The normalized spacial score (nSPS) is 17.6. The van der Waals surface area contributed by atoms with E-state index in [1.165, 1.54) is 44.5 Å². The second-order valence-corrected chi connectivity index (χ2v) is 8.78. The van der Waals surface area contributed by atoms with Crippen molar-refractivity contribution >= 4 is 11.6 Å². The Morgan fingerprint density at radius 1 is 0.640 bits per heavy atom. The molecule has 0 fully saturated rings. The van der Waals surface area contributed by atoms with Crippen LogP contribution in [0.3, 0.4) is 0 Å². The molecule has 0 amide bonds. The van der Waals surface area contributed by atoms with E-state index in [0.717, 1.165) is 5.02 Å². The second kappa shape index (κ2) is 4.56. The van der Waals surface area contributed by atoms with Gasteiger partial charge in [0.15, 0.2) is 0 Å². The van der Waals surface area contributed by atoms with Gasteiger partial charge in [-0.2, -0.15) is 0 Å². The summed E-state index contributed by atoms with van der Waals surface area (Å²) in [5.41, 5.74) is 10.8. The molecule has 0 unspecified atom stereocenters. The van der Waals surface area contributed by atoms with Crippen molar-refractivity contribution in [1.29, 1.82) is 0 Å². The lowest BCUT2D eigenvalue weighted by atomic mass is 9.77. The highest BCUT2D eigenvalue weighted by atomic mass is 35.5. The Balaban J connectivity index is 1.99. The van der Waals surface area contributed by atoms with Gasteiger partial charge in [-0.3, -0.25) is 0 Å². The molecule has 0 atom stereocenters. The van der Waals surface area contributed by atoms with Crippen LogP contribution in [0, 0.1) is 0 Å². The molecule has 0 aliphatic heterocycles. The van der Waals surface area contributed by atoms with Gasteiger partial charge in [0.05, 0.1) is 0 Å². The minimum Gasteiger partial charge on any atom is -0.0840 e. The topological polar surface area (TPSA) is 0 Å². The lowest BCUT2D eigenvalue weighted by Gasteiger charge is -2.27. The van der Waals surface area contributed by atoms with Crippen molar-refractivity contribution < 1.29 is 0 Å². The van der Waals surface area contributed by atoms with Crippen molar-refractivity contribution in [3.05, 3.63) is 81.9 Å². The maximum absolute atomic E-state index is 6.89. The van der Waals surface area contributed by atoms with E-state index in [0.29, 0.717) is 0 Å². The van der Waals surface area contributed by atoms with Crippen LogP contribution in [0.15, 0.2) is 54.6 Å². The summed E-state index contributed by atoms with van der Waals surface area (Å²) in [5, 5.41) is 0.891. The van der Waals surface area contributed by atoms with Gasteiger partial charge < -0.3 is 0 Å². The van der Waals surface area contributed by atoms with E-state index in [1.54, 1.807) is 0 Å². The van der Waals surface area contributed by atoms with Gasteiger partial charge in [0.2, 0.25) is 0 Å². The molecule has 0 aromatic heterocycles. The first-order valence-electron chi connectivity index (χ1n) is 8.92. The summed E-state index contributed by atoms with van der Waals surface area (Å²) < 4.78 is 0. The summed E-state index contributed by atoms with van der Waals surface area (Å²) in [4.78, 5) is 0. The van der Waals surface area contributed by atoms with E-state index >= 15 is 0 Å². The molecule has 0 nitrogen and oxygen atoms in total. The van der Waals surface area contributed by atoms with Crippen molar-refractivity contribution in [2.24, 2.45) is 0 Å². The van der Waals surface area contributed by atoms with Crippen molar-refractivity contribution in [3.8, 4) is 22.3 Å². The molecule has 0 radical (unpaired) electrons. The Morgan fingerprint density at radius 3 is 1.84 bits per heavy atom. The molecule has 0 bridgehead atoms. The maximum Gasteiger partial charge on any atom is 0.0459 e. The van der Waals surface area contributed by atoms with E-state index in [9.17, 15) is 0 Å². The van der Waals surface area contributed by atoms with Crippen LogP contribution in [0.1, 0.15) is 49.9 Å². The van der Waals surface area contributed by atoms with Crippen LogP contribution < -0.4 is 0 Å². The summed E-state index contributed by atoms with van der Waals surface area (Å²) in [6, 6.07) is 19.8. The minimum atomic E-state index is -0.0666. The van der Waals surface area contributed by atoms with Crippen molar-refractivity contribution in [2.75, 3.05) is 0 Å². The lowest BCUT2D eigenvalue weighted by Crippen LogP contribution is -2.18. The van der Waals surface area contributed by atoms with Crippen LogP contribution in [0.2, 0.25) is 5.02 Å². The van der Waals surface area contributed by atoms with Crippen LogP contribution in [-0.2, 0) is 10.8 Å². The number of hydrogen-bond donors (Lipinski definition) is 0. The summed E-state index contributed by atoms with van der Waals surface area (Å²) in [5.74, 6) is 0. The molecule has 5 rings (SSSR count). The third-order valence-corrected chi connectivity index (χ3v) is 6.59. The maximum atomic E-state index is 6.89. The number of rotatable bonds is 0. The Kier molecular flexibility index (Phi) is 2.78. The first-order chi connectivity index (χ1) is 11.8. The van der Waals surface area contributed by atoms with Crippen LogP contribution in [0.5, 0.6) is 0 Å². The van der Waals surface area contributed by atoms with Gasteiger partial charge in [-0.25, -0.2) is 0 Å². The zero-order chi connectivity index (χ0) is 17.6. The average Bonchev–Trinajstić information content (AvgIpc) is 2.96. The lowest BCUT2D eigenvalue weighted by molar-refractivity contribution is 0.647. The van der Waals surface area contributed by atoms with Gasteiger partial charge in [-0.1, -0.05) is 87.8 Å². The molecule has 0 saturated heterocycles. The fraction of sp³-hybridized carbons (Fsp3) is 0.250. The summed E-state index contributed by atoms with van der Waals surface area (Å²) >= 11 is 6.89. The predicted octanol–water partition coefficient (Wildman–Crippen LogP) is 6.95. The fourth-order valence-electron chi connectivity index (χ4n) is 5.17. The minimum absolute atomic E-state index is 0.0197. The molecule has 0 spiro atoms. The smallest absolute Gasteiger partial charge is 0.0459 e. The van der Waals surface area contributed by atoms with Gasteiger partial charge in [0, 0.05) is 15.9 Å². The van der Waals surface area contributed by atoms with Crippen molar-refractivity contribution in [1.82, 2.24) is 0 Å². The number of hydrogen-bond acceptors (Lipinski definition) is 0. The first kappa shape index (κ1) is 15.2. The molecule has 0 heterocycles. The SMILES string of the molecule is CC1(C)c2ccccc2-c2c1c(Cl)cc1c2C(C)(C)c2ccccc2-1. The number of benzene rings is 3. The molecule has 2 aliphatic rings. The Labute approximate surface area is 154 Å². The van der Waals surface area contributed by atoms with Gasteiger partial charge >= 0.3 is 0 Å². The Bertz CT molecular complexity index is 1050. The predicted molar refractivity (Wildman–Crippen MR) is 107 cm³/mol. The van der Waals surface area contributed by atoms with Crippen LogP contribution >= 0.6 is 11.6 Å². The average molecular weight is 345 g/mol. The number of halogens is 1. The van der Waals surface area contributed by atoms with Crippen LogP contribution in [0.25, 0.3) is 22.3 Å². The Morgan fingerprint density at radius 2 is 1.16 bits per heavy atom. The largest absolute Gasteiger partial charge is 0.0840 e. The third kappa shape index (κ3) is 1.69. The van der Waals surface area contributed by atoms with Crippen molar-refractivity contribution in [3.63, 3.8) is 0 Å². The molecule has 1 heteroatoms.